The summed E-state index contributed by atoms with van der Waals surface area (Å²) in [7, 11) is 1.56. The number of para-hydroxylation sites is 3. The van der Waals surface area contributed by atoms with Crippen LogP contribution in [0.15, 0.2) is 101 Å². The zero-order chi connectivity index (χ0) is 29.0. The number of phenolic OH excluding ortho intramolecular Hbond substituents is 1. The van der Waals surface area contributed by atoms with Crippen LogP contribution in [0, 0.1) is 20.8 Å². The maximum atomic E-state index is 10.5. The fourth-order valence-corrected chi connectivity index (χ4v) is 5.91. The number of nitrogens with one attached hydrogen (secondary N) is 1. The van der Waals surface area contributed by atoms with Crippen molar-refractivity contribution in [3.8, 4) is 17.2 Å². The van der Waals surface area contributed by atoms with Crippen LogP contribution in [-0.2, 0) is 0 Å². The SMILES string of the molecule is COc1cc(C2c3c(C)nn(-c4ccccc4)c3N=C3C(Nc4cc(C)cc(C)c4)=Nc4ccccc4N32)ccc1O. The molecular weight excluding hydrogens is 524 g/mol. The fourth-order valence-electron chi connectivity index (χ4n) is 5.91. The number of fused-ring (bicyclic) bond motifs is 4. The smallest absolute Gasteiger partial charge is 0.179 e. The van der Waals surface area contributed by atoms with Gasteiger partial charge in [-0.1, -0.05) is 42.5 Å². The Morgan fingerprint density at radius 2 is 1.57 bits per heavy atom. The van der Waals surface area contributed by atoms with E-state index in [1.165, 1.54) is 0 Å². The summed E-state index contributed by atoms with van der Waals surface area (Å²) in [6, 6.07) is 29.6. The molecule has 42 heavy (non-hydrogen) atoms. The summed E-state index contributed by atoms with van der Waals surface area (Å²) in [6.45, 7) is 6.19. The van der Waals surface area contributed by atoms with Crippen LogP contribution in [0.25, 0.3) is 5.69 Å². The fraction of sp³-hybridized carbons (Fsp3) is 0.147. The third-order valence-corrected chi connectivity index (χ3v) is 7.64. The van der Waals surface area contributed by atoms with Gasteiger partial charge >= 0.3 is 0 Å². The number of nitrogens with zero attached hydrogens (tertiary/aromatic N) is 5. The molecule has 0 aliphatic carbocycles. The lowest BCUT2D eigenvalue weighted by atomic mass is 9.93. The summed E-state index contributed by atoms with van der Waals surface area (Å²) >= 11 is 0. The summed E-state index contributed by atoms with van der Waals surface area (Å²) in [4.78, 5) is 12.6. The molecular formula is C34H30N6O2. The third kappa shape index (κ3) is 4.19. The Labute approximate surface area is 244 Å². The molecule has 4 aromatic carbocycles. The van der Waals surface area contributed by atoms with E-state index in [4.69, 9.17) is 19.8 Å². The first-order valence-electron chi connectivity index (χ1n) is 13.8. The number of ether oxygens (including phenoxy) is 1. The number of aliphatic imine (C=N–C) groups is 2. The van der Waals surface area contributed by atoms with Crippen molar-refractivity contribution in [2.45, 2.75) is 26.8 Å². The van der Waals surface area contributed by atoms with Crippen LogP contribution in [0.5, 0.6) is 11.5 Å². The predicted molar refractivity (Wildman–Crippen MR) is 167 cm³/mol. The standard InChI is InChI=1S/C34H30N6O2/c1-20-16-21(2)18-24(17-20)35-32-34-37-33-30(22(3)38-40(33)25-10-6-5-7-11-25)31(23-14-15-28(41)29(19-23)42-4)39(34)27-13-9-8-12-26(27)36-32/h5-19,31,41H,1-4H3,(H,35,36). The second-order valence-corrected chi connectivity index (χ2v) is 10.7. The van der Waals surface area contributed by atoms with Crippen LogP contribution in [0.3, 0.4) is 0 Å². The maximum absolute atomic E-state index is 10.5. The van der Waals surface area contributed by atoms with Gasteiger partial charge < -0.3 is 20.1 Å². The molecule has 8 nitrogen and oxygen atoms in total. The molecule has 0 amide bonds. The summed E-state index contributed by atoms with van der Waals surface area (Å²) < 4.78 is 7.44. The highest BCUT2D eigenvalue weighted by molar-refractivity contribution is 6.51. The van der Waals surface area contributed by atoms with E-state index in [2.05, 4.69) is 48.3 Å². The lowest BCUT2D eigenvalue weighted by Gasteiger charge is -2.40. The van der Waals surface area contributed by atoms with Crippen molar-refractivity contribution in [2.24, 2.45) is 9.98 Å². The van der Waals surface area contributed by atoms with Crippen LogP contribution in [0.1, 0.15) is 34.0 Å². The van der Waals surface area contributed by atoms with Gasteiger partial charge in [-0.2, -0.15) is 5.10 Å². The van der Waals surface area contributed by atoms with Crippen LogP contribution in [-0.4, -0.2) is 33.7 Å². The number of benzene rings is 4. The average Bonchev–Trinajstić information content (AvgIpc) is 3.32. The monoisotopic (exact) mass is 554 g/mol. The molecule has 8 heteroatoms. The second-order valence-electron chi connectivity index (χ2n) is 10.7. The van der Waals surface area contributed by atoms with E-state index in [0.29, 0.717) is 17.4 Å². The van der Waals surface area contributed by atoms with Gasteiger partial charge in [-0.05, 0) is 86.0 Å². The van der Waals surface area contributed by atoms with Gasteiger partial charge in [0.05, 0.1) is 35.9 Å². The average molecular weight is 555 g/mol. The number of amidine groups is 2. The van der Waals surface area contributed by atoms with E-state index in [1.807, 2.05) is 72.3 Å². The first-order valence-corrected chi connectivity index (χ1v) is 13.8. The number of aromatic hydroxyl groups is 1. The van der Waals surface area contributed by atoms with E-state index in [0.717, 1.165) is 56.5 Å². The van der Waals surface area contributed by atoms with Crippen LogP contribution < -0.4 is 15.0 Å². The van der Waals surface area contributed by atoms with Crippen LogP contribution in [0.2, 0.25) is 0 Å². The molecule has 3 heterocycles. The van der Waals surface area contributed by atoms with Gasteiger partial charge in [-0.3, -0.25) is 0 Å². The minimum Gasteiger partial charge on any atom is -0.504 e. The van der Waals surface area contributed by atoms with E-state index >= 15 is 0 Å². The zero-order valence-corrected chi connectivity index (χ0v) is 23.8. The Hall–Kier alpha value is -5.37. The molecule has 2 aliphatic heterocycles. The Morgan fingerprint density at radius 1 is 0.833 bits per heavy atom. The van der Waals surface area contributed by atoms with Gasteiger partial charge in [-0.25, -0.2) is 14.7 Å². The van der Waals surface area contributed by atoms with Crippen molar-refractivity contribution < 1.29 is 9.84 Å². The first kappa shape index (κ1) is 25.6. The molecule has 5 aromatic rings. The molecule has 208 valence electrons. The lowest BCUT2D eigenvalue weighted by Crippen LogP contribution is -2.46. The highest BCUT2D eigenvalue weighted by Gasteiger charge is 2.41. The molecule has 0 spiro atoms. The van der Waals surface area contributed by atoms with Crippen LogP contribution >= 0.6 is 0 Å². The van der Waals surface area contributed by atoms with Gasteiger partial charge in [0.2, 0.25) is 0 Å². The molecule has 0 saturated heterocycles. The zero-order valence-electron chi connectivity index (χ0n) is 23.8. The maximum Gasteiger partial charge on any atom is 0.179 e. The molecule has 1 aromatic heterocycles. The van der Waals surface area contributed by atoms with Crippen molar-refractivity contribution in [3.63, 3.8) is 0 Å². The molecule has 0 saturated carbocycles. The summed E-state index contributed by atoms with van der Waals surface area (Å²) in [5.74, 6) is 2.53. The molecule has 1 unspecified atom stereocenters. The number of phenols is 1. The lowest BCUT2D eigenvalue weighted by molar-refractivity contribution is 0.372. The molecule has 0 radical (unpaired) electrons. The number of hydrogen-bond acceptors (Lipinski definition) is 7. The van der Waals surface area contributed by atoms with E-state index in [9.17, 15) is 5.11 Å². The molecule has 0 fully saturated rings. The van der Waals surface area contributed by atoms with E-state index in [1.54, 1.807) is 13.2 Å². The molecule has 7 rings (SSSR count). The Kier molecular flexibility index (Phi) is 6.04. The summed E-state index contributed by atoms with van der Waals surface area (Å²) in [6.07, 6.45) is 0. The summed E-state index contributed by atoms with van der Waals surface area (Å²) in [5.41, 5.74) is 8.68. The molecule has 0 bridgehead atoms. The number of aryl methyl sites for hydroxylation is 3. The van der Waals surface area contributed by atoms with E-state index < -0.39 is 0 Å². The van der Waals surface area contributed by atoms with Crippen molar-refractivity contribution in [2.75, 3.05) is 17.3 Å². The number of aromatic nitrogens is 2. The topological polar surface area (TPSA) is 87.3 Å². The van der Waals surface area contributed by atoms with Crippen molar-refractivity contribution in [1.29, 1.82) is 0 Å². The van der Waals surface area contributed by atoms with Crippen molar-refractivity contribution >= 4 is 34.6 Å². The predicted octanol–water partition coefficient (Wildman–Crippen LogP) is 7.31. The second kappa shape index (κ2) is 9.92. The van der Waals surface area contributed by atoms with E-state index in [-0.39, 0.29) is 11.8 Å². The molecule has 2 aliphatic rings. The minimum atomic E-state index is -0.327. The van der Waals surface area contributed by atoms with Gasteiger partial charge in [-0.15, -0.1) is 0 Å². The highest BCUT2D eigenvalue weighted by atomic mass is 16.5. The van der Waals surface area contributed by atoms with Crippen LogP contribution in [0.4, 0.5) is 22.9 Å². The highest BCUT2D eigenvalue weighted by Crippen LogP contribution is 2.49. The van der Waals surface area contributed by atoms with Gasteiger partial charge in [0.15, 0.2) is 29.0 Å². The quantitative estimate of drug-likeness (QED) is 0.243. The Balaban J connectivity index is 1.50. The number of anilines is 2. The third-order valence-electron chi connectivity index (χ3n) is 7.64. The molecule has 1 atom stereocenters. The van der Waals surface area contributed by atoms with Crippen molar-refractivity contribution in [3.05, 3.63) is 119 Å². The van der Waals surface area contributed by atoms with Gasteiger partial charge in [0.1, 0.15) is 0 Å². The Bertz CT molecular complexity index is 1890. The normalized spacial score (nSPS) is 15.2. The van der Waals surface area contributed by atoms with Crippen molar-refractivity contribution in [1.82, 2.24) is 9.78 Å². The number of hydrogen-bond donors (Lipinski definition) is 2. The summed E-state index contributed by atoms with van der Waals surface area (Å²) in [5, 5.41) is 19.0. The molecule has 2 N–H and O–H groups in total. The first-order chi connectivity index (χ1) is 20.4. The number of rotatable bonds is 4. The van der Waals surface area contributed by atoms with Gasteiger partial charge in [0, 0.05) is 11.3 Å². The number of methoxy groups -OCH3 is 1. The largest absolute Gasteiger partial charge is 0.504 e. The minimum absolute atomic E-state index is 0.0839. The van der Waals surface area contributed by atoms with Gasteiger partial charge in [0.25, 0.3) is 0 Å². The Morgan fingerprint density at radius 3 is 2.33 bits per heavy atom.